The molecule has 1 saturated heterocycles. The number of benzene rings is 1. The summed E-state index contributed by atoms with van der Waals surface area (Å²) >= 11 is 0. The summed E-state index contributed by atoms with van der Waals surface area (Å²) in [5.41, 5.74) is 0.609. The minimum absolute atomic E-state index is 0.00254. The molecule has 1 fully saturated rings. The fourth-order valence-electron chi connectivity index (χ4n) is 5.95. The summed E-state index contributed by atoms with van der Waals surface area (Å²) in [6.45, 7) is 7.40. The van der Waals surface area contributed by atoms with Gasteiger partial charge in [0.25, 0.3) is 5.91 Å². The van der Waals surface area contributed by atoms with Gasteiger partial charge in [-0.15, -0.1) is 0 Å². The van der Waals surface area contributed by atoms with E-state index < -0.39 is 35.1 Å². The molecule has 1 amide bonds. The van der Waals surface area contributed by atoms with E-state index in [0.717, 1.165) is 36.8 Å². The van der Waals surface area contributed by atoms with Crippen molar-refractivity contribution >= 4 is 11.7 Å². The standard InChI is InChI=1S/C30H30F4N8O/c1-16-23-14-37-28(19(23)11-20(26(16)31)25-21(12-35)17(2)40(4)18(3)22(25)13-36)38-29(43)24-15-42(39-27(24)30(32,33)34)10-9-41-7-5-6-8-41/h11,15,25H,5-10,14H2,1-4H3,(H,37,38,43). The van der Waals surface area contributed by atoms with Gasteiger partial charge >= 0.3 is 6.18 Å². The Kier molecular flexibility index (Phi) is 7.88. The molecule has 1 N–H and O–H groups in total. The van der Waals surface area contributed by atoms with Crippen LogP contribution in [0.2, 0.25) is 0 Å². The van der Waals surface area contributed by atoms with Crippen molar-refractivity contribution in [3.63, 3.8) is 0 Å². The first kappa shape index (κ1) is 30.0. The Morgan fingerprint density at radius 3 is 2.30 bits per heavy atom. The topological polar surface area (TPSA) is 113 Å². The number of alkyl halides is 3. The fourth-order valence-corrected chi connectivity index (χ4v) is 5.95. The third kappa shape index (κ3) is 5.30. The summed E-state index contributed by atoms with van der Waals surface area (Å²) in [5, 5.41) is 26.1. The average Bonchev–Trinajstić information content (AvgIpc) is 3.73. The molecule has 4 heterocycles. The molecule has 2 aromatic rings. The number of likely N-dealkylation sites (tertiary alicyclic amines) is 1. The van der Waals surface area contributed by atoms with Gasteiger partial charge in [0.05, 0.1) is 47.9 Å². The molecular formula is C30H30F4N8O. The van der Waals surface area contributed by atoms with E-state index in [1.165, 1.54) is 13.0 Å². The van der Waals surface area contributed by atoms with Crippen LogP contribution in [-0.4, -0.2) is 58.0 Å². The Labute approximate surface area is 246 Å². The quantitative estimate of drug-likeness (QED) is 0.500. The van der Waals surface area contributed by atoms with Gasteiger partial charge in [-0.05, 0) is 63.9 Å². The Morgan fingerprint density at radius 1 is 1.09 bits per heavy atom. The first-order valence-electron chi connectivity index (χ1n) is 13.9. The number of aliphatic imine (C=N–C) groups is 1. The highest BCUT2D eigenvalue weighted by Crippen LogP contribution is 2.43. The second kappa shape index (κ2) is 11.3. The number of nitrogens with one attached hydrogen (secondary N) is 1. The normalized spacial score (nSPS) is 17.7. The summed E-state index contributed by atoms with van der Waals surface area (Å²) < 4.78 is 58.7. The van der Waals surface area contributed by atoms with Crippen molar-refractivity contribution in [1.29, 1.82) is 10.5 Å². The minimum Gasteiger partial charge on any atom is -0.350 e. The van der Waals surface area contributed by atoms with E-state index in [1.54, 1.807) is 25.8 Å². The SMILES string of the molecule is CC1=C(C#N)C(c2cc3c(c(C)c2F)CN=C3NC(=O)c2cn(CCN3CCCC3)nc2C(F)(F)F)C(C#N)=C(C)N1C. The number of nitrogens with zero attached hydrogens (tertiary/aromatic N) is 7. The van der Waals surface area contributed by atoms with Gasteiger partial charge in [-0.3, -0.25) is 14.5 Å². The maximum atomic E-state index is 15.9. The highest BCUT2D eigenvalue weighted by molar-refractivity contribution is 6.14. The second-order valence-electron chi connectivity index (χ2n) is 11.0. The molecule has 0 radical (unpaired) electrons. The van der Waals surface area contributed by atoms with Gasteiger partial charge in [0.15, 0.2) is 5.69 Å². The molecule has 0 atom stereocenters. The lowest BCUT2D eigenvalue weighted by atomic mass is 9.79. The van der Waals surface area contributed by atoms with E-state index in [0.29, 0.717) is 29.1 Å². The number of amidine groups is 1. The lowest BCUT2D eigenvalue weighted by Gasteiger charge is -2.33. The zero-order chi connectivity index (χ0) is 31.2. The lowest BCUT2D eigenvalue weighted by molar-refractivity contribution is -0.141. The van der Waals surface area contributed by atoms with Crippen molar-refractivity contribution < 1.29 is 22.4 Å². The lowest BCUT2D eigenvalue weighted by Crippen LogP contribution is -2.32. The Hall–Kier alpha value is -4.49. The first-order chi connectivity index (χ1) is 20.4. The summed E-state index contributed by atoms with van der Waals surface area (Å²) in [6, 6.07) is 5.66. The third-order valence-electron chi connectivity index (χ3n) is 8.58. The van der Waals surface area contributed by atoms with E-state index in [9.17, 15) is 28.5 Å². The van der Waals surface area contributed by atoms with Crippen molar-refractivity contribution in [2.24, 2.45) is 4.99 Å². The number of rotatable bonds is 5. The molecule has 0 bridgehead atoms. The molecule has 1 aromatic carbocycles. The van der Waals surface area contributed by atoms with Crippen LogP contribution in [0, 0.1) is 35.4 Å². The molecule has 0 spiro atoms. The van der Waals surface area contributed by atoms with Crippen LogP contribution >= 0.6 is 0 Å². The number of aromatic nitrogens is 2. The highest BCUT2D eigenvalue weighted by atomic mass is 19.4. The monoisotopic (exact) mass is 594 g/mol. The van der Waals surface area contributed by atoms with Crippen LogP contribution in [0.5, 0.6) is 0 Å². The van der Waals surface area contributed by atoms with E-state index >= 15 is 4.39 Å². The second-order valence-corrected chi connectivity index (χ2v) is 11.0. The summed E-state index contributed by atoms with van der Waals surface area (Å²) in [5.74, 6) is -2.68. The third-order valence-corrected chi connectivity index (χ3v) is 8.58. The molecule has 0 aliphatic carbocycles. The van der Waals surface area contributed by atoms with Crippen LogP contribution in [0.1, 0.15) is 70.9 Å². The molecular weight excluding hydrogens is 564 g/mol. The molecule has 0 saturated carbocycles. The van der Waals surface area contributed by atoms with Gasteiger partial charge < -0.3 is 15.1 Å². The summed E-state index contributed by atoms with van der Waals surface area (Å²) in [7, 11) is 1.71. The average molecular weight is 595 g/mol. The Morgan fingerprint density at radius 2 is 1.72 bits per heavy atom. The number of allylic oxidation sites excluding steroid dienone is 4. The molecule has 43 heavy (non-hydrogen) atoms. The van der Waals surface area contributed by atoms with Crippen molar-refractivity contribution in [3.8, 4) is 12.1 Å². The van der Waals surface area contributed by atoms with Crippen LogP contribution < -0.4 is 5.32 Å². The van der Waals surface area contributed by atoms with E-state index in [2.05, 4.69) is 32.4 Å². The van der Waals surface area contributed by atoms with E-state index in [1.807, 2.05) is 0 Å². The molecule has 3 aliphatic rings. The van der Waals surface area contributed by atoms with Gasteiger partial charge in [-0.25, -0.2) is 4.39 Å². The smallest absolute Gasteiger partial charge is 0.350 e. The zero-order valence-corrected chi connectivity index (χ0v) is 24.2. The van der Waals surface area contributed by atoms with Crippen LogP contribution in [0.4, 0.5) is 17.6 Å². The summed E-state index contributed by atoms with van der Waals surface area (Å²) in [4.78, 5) is 21.4. The highest BCUT2D eigenvalue weighted by Gasteiger charge is 2.40. The molecule has 13 heteroatoms. The van der Waals surface area contributed by atoms with Gasteiger partial charge in [-0.2, -0.15) is 28.8 Å². The van der Waals surface area contributed by atoms with Gasteiger partial charge in [-0.1, -0.05) is 0 Å². The van der Waals surface area contributed by atoms with Crippen molar-refractivity contribution in [3.05, 3.63) is 74.1 Å². The maximum absolute atomic E-state index is 15.9. The number of amides is 1. The number of hydrogen-bond donors (Lipinski definition) is 1. The van der Waals surface area contributed by atoms with E-state index in [4.69, 9.17) is 0 Å². The van der Waals surface area contributed by atoms with Gasteiger partial charge in [0.2, 0.25) is 0 Å². The van der Waals surface area contributed by atoms with Crippen LogP contribution in [-0.2, 0) is 19.3 Å². The zero-order valence-electron chi connectivity index (χ0n) is 24.2. The van der Waals surface area contributed by atoms with Crippen molar-refractivity contribution in [2.45, 2.75) is 58.8 Å². The van der Waals surface area contributed by atoms with Gasteiger partial charge in [0.1, 0.15) is 11.7 Å². The number of carbonyl (C=O) groups is 1. The maximum Gasteiger partial charge on any atom is 0.435 e. The molecule has 0 unspecified atom stereocenters. The van der Waals surface area contributed by atoms with Crippen molar-refractivity contribution in [2.75, 3.05) is 26.7 Å². The van der Waals surface area contributed by atoms with Crippen LogP contribution in [0.15, 0.2) is 39.8 Å². The predicted octanol–water partition coefficient (Wildman–Crippen LogP) is 4.76. The number of hydrogen-bond acceptors (Lipinski definition) is 7. The van der Waals surface area contributed by atoms with E-state index in [-0.39, 0.29) is 41.2 Å². The van der Waals surface area contributed by atoms with Gasteiger partial charge in [0, 0.05) is 42.3 Å². The number of carbonyl (C=O) groups excluding carboxylic acids is 1. The summed E-state index contributed by atoms with van der Waals surface area (Å²) in [6.07, 6.45) is -1.70. The molecule has 9 nitrogen and oxygen atoms in total. The number of halogens is 4. The van der Waals surface area contributed by atoms with Crippen LogP contribution in [0.25, 0.3) is 0 Å². The Balaban J connectivity index is 1.49. The molecule has 3 aliphatic heterocycles. The Bertz CT molecular complexity index is 1640. The first-order valence-corrected chi connectivity index (χ1v) is 13.9. The van der Waals surface area contributed by atoms with Crippen molar-refractivity contribution in [1.82, 2.24) is 24.9 Å². The predicted molar refractivity (Wildman–Crippen MR) is 149 cm³/mol. The van der Waals surface area contributed by atoms with Crippen LogP contribution in [0.3, 0.4) is 0 Å². The molecule has 1 aromatic heterocycles. The number of nitriles is 2. The fraction of sp³-hybridized carbons (Fsp3) is 0.433. The number of fused-ring (bicyclic) bond motifs is 1. The molecule has 5 rings (SSSR count). The minimum atomic E-state index is -4.86. The largest absolute Gasteiger partial charge is 0.435 e. The molecule has 224 valence electrons.